The van der Waals surface area contributed by atoms with Crippen molar-refractivity contribution >= 4 is 10.2 Å². The van der Waals surface area contributed by atoms with E-state index in [0.29, 0.717) is 25.5 Å². The molecule has 10 heteroatoms. The Balaban J connectivity index is 1.87. The van der Waals surface area contributed by atoms with Gasteiger partial charge >= 0.3 is 10.2 Å². The van der Waals surface area contributed by atoms with E-state index >= 15 is 0 Å². The molecule has 0 fully saturated rings. The van der Waals surface area contributed by atoms with E-state index in [1.165, 1.54) is 30.5 Å². The van der Waals surface area contributed by atoms with E-state index in [1.54, 1.807) is 6.20 Å². The Kier molecular flexibility index (Phi) is 6.48. The summed E-state index contributed by atoms with van der Waals surface area (Å²) in [6, 6.07) is 7.68. The highest BCUT2D eigenvalue weighted by Crippen LogP contribution is 2.15. The Labute approximate surface area is 171 Å². The van der Waals surface area contributed by atoms with Gasteiger partial charge < -0.3 is 9.67 Å². The Bertz CT molecular complexity index is 1040. The van der Waals surface area contributed by atoms with E-state index in [1.807, 2.05) is 42.1 Å². The first-order chi connectivity index (χ1) is 13.8. The van der Waals surface area contributed by atoms with Crippen LogP contribution in [0.2, 0.25) is 0 Å². The van der Waals surface area contributed by atoms with E-state index in [-0.39, 0.29) is 6.61 Å². The third-order valence-electron chi connectivity index (χ3n) is 4.65. The zero-order chi connectivity index (χ0) is 21.0. The number of hydrogen-bond acceptors (Lipinski definition) is 6. The topological polar surface area (TPSA) is 96.5 Å². The first kappa shape index (κ1) is 21.2. The number of nitrogens with zero attached hydrogens (tertiary/aromatic N) is 6. The average molecular weight is 419 g/mol. The van der Waals surface area contributed by atoms with Gasteiger partial charge in [-0.1, -0.05) is 24.3 Å². The van der Waals surface area contributed by atoms with Gasteiger partial charge in [-0.2, -0.15) is 12.7 Å². The van der Waals surface area contributed by atoms with Crippen molar-refractivity contribution in [2.24, 2.45) is 7.05 Å². The molecular weight excluding hydrogens is 392 g/mol. The van der Waals surface area contributed by atoms with Gasteiger partial charge in [-0.05, 0) is 11.1 Å². The number of aromatic nitrogens is 4. The third kappa shape index (κ3) is 4.91. The number of rotatable bonds is 9. The van der Waals surface area contributed by atoms with Crippen LogP contribution >= 0.6 is 0 Å². The van der Waals surface area contributed by atoms with E-state index in [9.17, 15) is 13.5 Å². The van der Waals surface area contributed by atoms with Crippen LogP contribution in [0.25, 0.3) is 0 Å². The average Bonchev–Trinajstić information content (AvgIpc) is 3.32. The lowest BCUT2D eigenvalue weighted by atomic mass is 10.1. The van der Waals surface area contributed by atoms with Crippen molar-refractivity contribution in [3.63, 3.8) is 0 Å². The van der Waals surface area contributed by atoms with Gasteiger partial charge in [0.15, 0.2) is 0 Å². The SMILES string of the molecule is CN(C)S(=O)(=O)n1ccnc1CN(Cc1ccc(CO)cc1)Cc1nccn1C. The van der Waals surface area contributed by atoms with Crippen LogP contribution in [0.15, 0.2) is 49.1 Å². The Morgan fingerprint density at radius 1 is 0.931 bits per heavy atom. The molecule has 0 saturated carbocycles. The summed E-state index contributed by atoms with van der Waals surface area (Å²) in [6.07, 6.45) is 6.56. The molecule has 3 aromatic rings. The summed E-state index contributed by atoms with van der Waals surface area (Å²) in [5.74, 6) is 1.30. The van der Waals surface area contributed by atoms with Gasteiger partial charge in [0.25, 0.3) is 0 Å². The molecular formula is C19H26N6O3S. The molecule has 0 saturated heterocycles. The lowest BCUT2D eigenvalue weighted by molar-refractivity contribution is 0.232. The first-order valence-electron chi connectivity index (χ1n) is 9.13. The van der Waals surface area contributed by atoms with Gasteiger partial charge in [-0.15, -0.1) is 0 Å². The van der Waals surface area contributed by atoms with Gasteiger partial charge in [0.1, 0.15) is 11.6 Å². The molecule has 0 spiro atoms. The number of aliphatic hydroxyl groups excluding tert-OH is 1. The highest BCUT2D eigenvalue weighted by Gasteiger charge is 2.22. The van der Waals surface area contributed by atoms with Crippen molar-refractivity contribution < 1.29 is 13.5 Å². The van der Waals surface area contributed by atoms with Gasteiger partial charge in [-0.3, -0.25) is 4.90 Å². The van der Waals surface area contributed by atoms with Crippen LogP contribution in [-0.4, -0.2) is 55.3 Å². The van der Waals surface area contributed by atoms with Gasteiger partial charge in [0, 0.05) is 52.5 Å². The molecule has 0 amide bonds. The zero-order valence-corrected chi connectivity index (χ0v) is 17.6. The molecule has 1 aromatic carbocycles. The highest BCUT2D eigenvalue weighted by atomic mass is 32.2. The summed E-state index contributed by atoms with van der Waals surface area (Å²) in [7, 11) is 1.26. The minimum atomic E-state index is -3.65. The second kappa shape index (κ2) is 8.87. The first-order valence-corrected chi connectivity index (χ1v) is 10.5. The predicted octanol–water partition coefficient (Wildman–Crippen LogP) is 0.966. The van der Waals surface area contributed by atoms with E-state index in [2.05, 4.69) is 14.9 Å². The van der Waals surface area contributed by atoms with Crippen LogP contribution in [0, 0.1) is 0 Å². The molecule has 9 nitrogen and oxygen atoms in total. The molecule has 0 radical (unpaired) electrons. The lowest BCUT2D eigenvalue weighted by Gasteiger charge is -2.23. The fourth-order valence-electron chi connectivity index (χ4n) is 2.94. The highest BCUT2D eigenvalue weighted by molar-refractivity contribution is 7.87. The lowest BCUT2D eigenvalue weighted by Crippen LogP contribution is -2.32. The number of aryl methyl sites for hydroxylation is 1. The summed E-state index contributed by atoms with van der Waals surface area (Å²) in [5, 5.41) is 9.24. The zero-order valence-electron chi connectivity index (χ0n) is 16.8. The molecule has 0 atom stereocenters. The van der Waals surface area contributed by atoms with E-state index < -0.39 is 10.2 Å². The summed E-state index contributed by atoms with van der Waals surface area (Å²) in [5.41, 5.74) is 1.89. The van der Waals surface area contributed by atoms with Crippen LogP contribution in [0.1, 0.15) is 22.8 Å². The van der Waals surface area contributed by atoms with Crippen LogP contribution in [0.5, 0.6) is 0 Å². The van der Waals surface area contributed by atoms with Crippen LogP contribution < -0.4 is 0 Å². The Hall–Kier alpha value is -2.53. The van der Waals surface area contributed by atoms with Gasteiger partial charge in [0.05, 0.1) is 19.7 Å². The fourth-order valence-corrected chi connectivity index (χ4v) is 3.88. The molecule has 156 valence electrons. The normalized spacial score (nSPS) is 12.2. The number of hydrogen-bond donors (Lipinski definition) is 1. The molecule has 0 aliphatic heterocycles. The molecule has 2 heterocycles. The monoisotopic (exact) mass is 418 g/mol. The van der Waals surface area contributed by atoms with Crippen LogP contribution in [0.3, 0.4) is 0 Å². The standard InChI is InChI=1S/C19H26N6O3S/c1-22(2)29(27,28)25-11-9-21-19(25)14-24(13-18-20-8-10-23(18)3)12-16-4-6-17(15-26)7-5-16/h4-11,26H,12-15H2,1-3H3. The number of aliphatic hydroxyl groups is 1. The number of imidazole rings is 2. The maximum absolute atomic E-state index is 12.6. The minimum absolute atomic E-state index is 0.00288. The van der Waals surface area contributed by atoms with Crippen LogP contribution in [-0.2, 0) is 43.5 Å². The third-order valence-corrected chi connectivity index (χ3v) is 6.41. The maximum atomic E-state index is 12.6. The maximum Gasteiger partial charge on any atom is 0.308 e. The second-order valence-electron chi connectivity index (χ2n) is 7.00. The molecule has 0 aliphatic carbocycles. The quantitative estimate of drug-likeness (QED) is 0.556. The largest absolute Gasteiger partial charge is 0.392 e. The minimum Gasteiger partial charge on any atom is -0.392 e. The van der Waals surface area contributed by atoms with Crippen molar-refractivity contribution in [2.45, 2.75) is 26.2 Å². The molecule has 1 N–H and O–H groups in total. The van der Waals surface area contributed by atoms with Crippen LogP contribution in [0.4, 0.5) is 0 Å². The van der Waals surface area contributed by atoms with Crippen molar-refractivity contribution in [3.05, 3.63) is 71.8 Å². The molecule has 0 unspecified atom stereocenters. The molecule has 2 aromatic heterocycles. The smallest absolute Gasteiger partial charge is 0.308 e. The van der Waals surface area contributed by atoms with Gasteiger partial charge in [-0.25, -0.2) is 13.9 Å². The molecule has 0 aliphatic rings. The fraction of sp³-hybridized carbons (Fsp3) is 0.368. The number of benzene rings is 1. The second-order valence-corrected chi connectivity index (χ2v) is 9.02. The van der Waals surface area contributed by atoms with E-state index in [0.717, 1.165) is 21.3 Å². The molecule has 29 heavy (non-hydrogen) atoms. The van der Waals surface area contributed by atoms with E-state index in [4.69, 9.17) is 0 Å². The summed E-state index contributed by atoms with van der Waals surface area (Å²) in [6.45, 7) is 1.43. The summed E-state index contributed by atoms with van der Waals surface area (Å²) < 4.78 is 29.5. The van der Waals surface area contributed by atoms with Crippen molar-refractivity contribution in [3.8, 4) is 0 Å². The predicted molar refractivity (Wildman–Crippen MR) is 109 cm³/mol. The van der Waals surface area contributed by atoms with Crippen molar-refractivity contribution in [1.82, 2.24) is 27.7 Å². The summed E-state index contributed by atoms with van der Waals surface area (Å²) >= 11 is 0. The van der Waals surface area contributed by atoms with Crippen molar-refractivity contribution in [1.29, 1.82) is 0 Å². The van der Waals surface area contributed by atoms with Crippen molar-refractivity contribution in [2.75, 3.05) is 14.1 Å². The van der Waals surface area contributed by atoms with Gasteiger partial charge in [0.2, 0.25) is 0 Å². The Morgan fingerprint density at radius 2 is 1.52 bits per heavy atom. The summed E-state index contributed by atoms with van der Waals surface area (Å²) in [4.78, 5) is 10.8. The Morgan fingerprint density at radius 3 is 2.10 bits per heavy atom. The molecule has 3 rings (SSSR count). The molecule has 0 bridgehead atoms.